The second-order valence-electron chi connectivity index (χ2n) is 4.30. The van der Waals surface area contributed by atoms with Crippen molar-refractivity contribution in [2.24, 2.45) is 0 Å². The van der Waals surface area contributed by atoms with Gasteiger partial charge in [0, 0.05) is 28.9 Å². The van der Waals surface area contributed by atoms with Gasteiger partial charge in [-0.3, -0.25) is 19.9 Å². The average Bonchev–Trinajstić information content (AvgIpc) is 2.46. The van der Waals surface area contributed by atoms with Crippen molar-refractivity contribution >= 4 is 23.1 Å². The van der Waals surface area contributed by atoms with E-state index in [-0.39, 0.29) is 22.1 Å². The van der Waals surface area contributed by atoms with Crippen molar-refractivity contribution in [2.45, 2.75) is 12.8 Å². The molecule has 0 spiro atoms. The number of benzene rings is 1. The van der Waals surface area contributed by atoms with Crippen molar-refractivity contribution in [3.63, 3.8) is 0 Å². The first-order valence-electron chi connectivity index (χ1n) is 5.89. The van der Waals surface area contributed by atoms with Gasteiger partial charge in [0.25, 0.3) is 5.69 Å². The standard InChI is InChI=1S/C14H11ClN2O3/c1-9(13-4-2-3-5-16-13)14(18)10-6-11(15)8-12(7-10)17(19)20/h2-9H,1H3. The Morgan fingerprint density at radius 2 is 2.10 bits per heavy atom. The summed E-state index contributed by atoms with van der Waals surface area (Å²) < 4.78 is 0. The molecule has 0 fully saturated rings. The Morgan fingerprint density at radius 1 is 1.35 bits per heavy atom. The van der Waals surface area contributed by atoms with E-state index in [0.29, 0.717) is 5.69 Å². The van der Waals surface area contributed by atoms with E-state index in [1.54, 1.807) is 31.3 Å². The molecular formula is C14H11ClN2O3. The molecular weight excluding hydrogens is 280 g/mol. The number of nitro benzene ring substituents is 1. The van der Waals surface area contributed by atoms with Gasteiger partial charge in [-0.05, 0) is 25.1 Å². The third kappa shape index (κ3) is 3.00. The van der Waals surface area contributed by atoms with E-state index in [0.717, 1.165) is 0 Å². The minimum atomic E-state index is -0.575. The van der Waals surface area contributed by atoms with E-state index < -0.39 is 10.8 Å². The highest BCUT2D eigenvalue weighted by molar-refractivity contribution is 6.31. The van der Waals surface area contributed by atoms with Crippen molar-refractivity contribution in [1.82, 2.24) is 4.98 Å². The number of aromatic nitrogens is 1. The highest BCUT2D eigenvalue weighted by atomic mass is 35.5. The third-order valence-corrected chi connectivity index (χ3v) is 3.12. The van der Waals surface area contributed by atoms with Crippen LogP contribution in [-0.4, -0.2) is 15.7 Å². The summed E-state index contributed by atoms with van der Waals surface area (Å²) in [5.41, 5.74) is 0.622. The lowest BCUT2D eigenvalue weighted by Gasteiger charge is -2.10. The first kappa shape index (κ1) is 14.1. The number of Topliss-reactive ketones (excluding diaryl/α,β-unsaturated/α-hetero) is 1. The molecule has 5 nitrogen and oxygen atoms in total. The SMILES string of the molecule is CC(C(=O)c1cc(Cl)cc([N+](=O)[O-])c1)c1ccccn1. The van der Waals surface area contributed by atoms with E-state index in [9.17, 15) is 14.9 Å². The maximum absolute atomic E-state index is 12.4. The predicted octanol–water partition coefficient (Wildman–Crippen LogP) is 3.63. The molecule has 0 aliphatic carbocycles. The van der Waals surface area contributed by atoms with Crippen LogP contribution in [0.5, 0.6) is 0 Å². The summed E-state index contributed by atoms with van der Waals surface area (Å²) in [4.78, 5) is 26.7. The number of ketones is 1. The zero-order chi connectivity index (χ0) is 14.7. The van der Waals surface area contributed by atoms with Crippen molar-refractivity contribution in [3.05, 3.63) is 69.0 Å². The Balaban J connectivity index is 2.36. The maximum atomic E-state index is 12.4. The van der Waals surface area contributed by atoms with Crippen molar-refractivity contribution in [3.8, 4) is 0 Å². The quantitative estimate of drug-likeness (QED) is 0.489. The molecule has 102 valence electrons. The highest BCUT2D eigenvalue weighted by Crippen LogP contribution is 2.25. The molecule has 0 amide bonds. The highest BCUT2D eigenvalue weighted by Gasteiger charge is 2.21. The van der Waals surface area contributed by atoms with Gasteiger partial charge in [0.1, 0.15) is 0 Å². The molecule has 0 bridgehead atoms. The topological polar surface area (TPSA) is 73.1 Å². The number of hydrogen-bond acceptors (Lipinski definition) is 4. The number of nitro groups is 1. The van der Waals surface area contributed by atoms with Crippen molar-refractivity contribution in [2.75, 3.05) is 0 Å². The first-order chi connectivity index (χ1) is 9.49. The summed E-state index contributed by atoms with van der Waals surface area (Å²) in [6.45, 7) is 1.71. The molecule has 0 aliphatic rings. The van der Waals surface area contributed by atoms with Crippen LogP contribution in [0.4, 0.5) is 5.69 Å². The number of pyridine rings is 1. The van der Waals surface area contributed by atoms with Gasteiger partial charge in [0.05, 0.1) is 16.5 Å². The van der Waals surface area contributed by atoms with Crippen LogP contribution < -0.4 is 0 Å². The zero-order valence-electron chi connectivity index (χ0n) is 10.6. The number of rotatable bonds is 4. The van der Waals surface area contributed by atoms with E-state index in [2.05, 4.69) is 4.98 Å². The van der Waals surface area contributed by atoms with Crippen LogP contribution in [0.15, 0.2) is 42.6 Å². The van der Waals surface area contributed by atoms with Gasteiger partial charge in [-0.15, -0.1) is 0 Å². The van der Waals surface area contributed by atoms with Gasteiger partial charge in [0.2, 0.25) is 0 Å². The number of carbonyl (C=O) groups is 1. The number of nitrogens with zero attached hydrogens (tertiary/aromatic N) is 2. The first-order valence-corrected chi connectivity index (χ1v) is 6.27. The van der Waals surface area contributed by atoms with Crippen LogP contribution in [0.1, 0.15) is 28.9 Å². The van der Waals surface area contributed by atoms with E-state index >= 15 is 0 Å². The Bertz CT molecular complexity index is 659. The number of non-ortho nitro benzene ring substituents is 1. The Labute approximate surface area is 120 Å². The minimum Gasteiger partial charge on any atom is -0.293 e. The Hall–Kier alpha value is -2.27. The Morgan fingerprint density at radius 3 is 2.70 bits per heavy atom. The fourth-order valence-corrected chi connectivity index (χ4v) is 2.07. The summed E-state index contributed by atoms with van der Waals surface area (Å²) in [5.74, 6) is -0.747. The van der Waals surface area contributed by atoms with Crippen molar-refractivity contribution < 1.29 is 9.72 Å². The van der Waals surface area contributed by atoms with Crippen LogP contribution in [0.3, 0.4) is 0 Å². The van der Waals surface area contributed by atoms with Crippen LogP contribution in [0.2, 0.25) is 5.02 Å². The Kier molecular flexibility index (Phi) is 4.10. The molecule has 20 heavy (non-hydrogen) atoms. The molecule has 0 radical (unpaired) electrons. The minimum absolute atomic E-state index is 0.163. The van der Waals surface area contributed by atoms with Gasteiger partial charge in [-0.25, -0.2) is 0 Å². The monoisotopic (exact) mass is 290 g/mol. The van der Waals surface area contributed by atoms with Gasteiger partial charge in [0.15, 0.2) is 5.78 Å². The molecule has 2 aromatic rings. The molecule has 1 atom stereocenters. The molecule has 1 unspecified atom stereocenters. The lowest BCUT2D eigenvalue weighted by atomic mass is 9.95. The molecule has 1 aromatic carbocycles. The summed E-state index contributed by atoms with van der Waals surface area (Å²) in [7, 11) is 0. The van der Waals surface area contributed by atoms with E-state index in [4.69, 9.17) is 11.6 Å². The largest absolute Gasteiger partial charge is 0.293 e. The molecule has 0 saturated carbocycles. The van der Waals surface area contributed by atoms with Crippen molar-refractivity contribution in [1.29, 1.82) is 0 Å². The van der Waals surface area contributed by atoms with Crippen LogP contribution in [0.25, 0.3) is 0 Å². The molecule has 0 N–H and O–H groups in total. The summed E-state index contributed by atoms with van der Waals surface area (Å²) >= 11 is 5.82. The number of carbonyl (C=O) groups excluding carboxylic acids is 1. The molecule has 6 heteroatoms. The molecule has 0 saturated heterocycles. The second kappa shape index (κ2) is 5.79. The lowest BCUT2D eigenvalue weighted by molar-refractivity contribution is -0.384. The molecule has 1 heterocycles. The van der Waals surface area contributed by atoms with Gasteiger partial charge >= 0.3 is 0 Å². The smallest absolute Gasteiger partial charge is 0.271 e. The molecule has 2 rings (SSSR count). The van der Waals surface area contributed by atoms with Gasteiger partial charge in [-0.1, -0.05) is 17.7 Å². The van der Waals surface area contributed by atoms with Crippen LogP contribution >= 0.6 is 11.6 Å². The number of halogens is 1. The molecule has 1 aromatic heterocycles. The fourth-order valence-electron chi connectivity index (χ4n) is 1.84. The predicted molar refractivity (Wildman–Crippen MR) is 75.1 cm³/mol. The summed E-state index contributed by atoms with van der Waals surface area (Å²) in [6.07, 6.45) is 1.60. The summed E-state index contributed by atoms with van der Waals surface area (Å²) in [5, 5.41) is 11.0. The van der Waals surface area contributed by atoms with Crippen LogP contribution in [-0.2, 0) is 0 Å². The third-order valence-electron chi connectivity index (χ3n) is 2.90. The average molecular weight is 291 g/mol. The van der Waals surface area contributed by atoms with Gasteiger partial charge < -0.3 is 0 Å². The molecule has 0 aliphatic heterocycles. The van der Waals surface area contributed by atoms with E-state index in [1.165, 1.54) is 18.2 Å². The normalized spacial score (nSPS) is 11.9. The summed E-state index contributed by atoms with van der Waals surface area (Å²) in [6, 6.07) is 9.15. The number of hydrogen-bond donors (Lipinski definition) is 0. The zero-order valence-corrected chi connectivity index (χ0v) is 11.4. The van der Waals surface area contributed by atoms with Gasteiger partial charge in [-0.2, -0.15) is 0 Å². The second-order valence-corrected chi connectivity index (χ2v) is 4.73. The fraction of sp³-hybridized carbons (Fsp3) is 0.143. The lowest BCUT2D eigenvalue weighted by Crippen LogP contribution is -2.11. The maximum Gasteiger partial charge on any atom is 0.271 e. The van der Waals surface area contributed by atoms with Crippen LogP contribution in [0, 0.1) is 10.1 Å². The van der Waals surface area contributed by atoms with E-state index in [1.807, 2.05) is 0 Å².